The molecule has 0 aliphatic carbocycles. The number of fused-ring (bicyclic) bond motifs is 5. The topological polar surface area (TPSA) is 43.6 Å². The first-order chi connectivity index (χ1) is 26.3. The summed E-state index contributed by atoms with van der Waals surface area (Å²) in [5, 5.41) is 4.91. The summed E-state index contributed by atoms with van der Waals surface area (Å²) >= 11 is 0. The van der Waals surface area contributed by atoms with E-state index < -0.39 is 0 Å². The third kappa shape index (κ3) is 5.54. The summed E-state index contributed by atoms with van der Waals surface area (Å²) in [6.45, 7) is 0. The highest BCUT2D eigenvalue weighted by Crippen LogP contribution is 2.39. The lowest BCUT2D eigenvalue weighted by atomic mass is 9.97. The molecule has 0 aliphatic rings. The third-order valence-electron chi connectivity index (χ3n) is 10.0. The molecule has 0 N–H and O–H groups in total. The van der Waals surface area contributed by atoms with E-state index in [4.69, 9.17) is 15.0 Å². The molecule has 10 rings (SSSR count). The fourth-order valence-corrected chi connectivity index (χ4v) is 7.48. The summed E-state index contributed by atoms with van der Waals surface area (Å²) in [5.74, 6) is 1.95. The maximum Gasteiger partial charge on any atom is 0.164 e. The summed E-state index contributed by atoms with van der Waals surface area (Å²) in [6, 6.07) is 68.2. The van der Waals surface area contributed by atoms with Gasteiger partial charge in [0.05, 0.1) is 11.0 Å². The molecule has 2 aromatic heterocycles. The van der Waals surface area contributed by atoms with Crippen molar-refractivity contribution < 1.29 is 0 Å². The van der Waals surface area contributed by atoms with Gasteiger partial charge in [0.15, 0.2) is 17.5 Å². The Morgan fingerprint density at radius 3 is 1.51 bits per heavy atom. The average Bonchev–Trinajstić information content (AvgIpc) is 3.59. The average molecular weight is 677 g/mol. The van der Waals surface area contributed by atoms with Crippen molar-refractivity contribution >= 4 is 32.6 Å². The van der Waals surface area contributed by atoms with Gasteiger partial charge < -0.3 is 4.57 Å². The molecule has 4 heteroatoms. The highest BCUT2D eigenvalue weighted by molar-refractivity contribution is 6.21. The van der Waals surface area contributed by atoms with Gasteiger partial charge in [-0.1, -0.05) is 158 Å². The predicted octanol–water partition coefficient (Wildman–Crippen LogP) is 12.5. The Balaban J connectivity index is 1.12. The maximum atomic E-state index is 4.99. The second kappa shape index (κ2) is 12.9. The van der Waals surface area contributed by atoms with Crippen LogP contribution in [0.5, 0.6) is 0 Å². The number of hydrogen-bond acceptors (Lipinski definition) is 3. The molecule has 0 bridgehead atoms. The predicted molar refractivity (Wildman–Crippen MR) is 219 cm³/mol. The van der Waals surface area contributed by atoms with E-state index in [0.29, 0.717) is 17.5 Å². The molecule has 0 spiro atoms. The molecule has 0 unspecified atom stereocenters. The van der Waals surface area contributed by atoms with Crippen LogP contribution in [0, 0.1) is 0 Å². The normalized spacial score (nSPS) is 11.4. The smallest absolute Gasteiger partial charge is 0.164 e. The van der Waals surface area contributed by atoms with E-state index in [0.717, 1.165) is 33.5 Å². The van der Waals surface area contributed by atoms with Gasteiger partial charge >= 0.3 is 0 Å². The minimum Gasteiger partial charge on any atom is -0.309 e. The molecule has 0 saturated heterocycles. The van der Waals surface area contributed by atoms with Gasteiger partial charge in [-0.15, -0.1) is 0 Å². The first-order valence-electron chi connectivity index (χ1n) is 17.9. The lowest BCUT2D eigenvalue weighted by Gasteiger charge is -2.11. The van der Waals surface area contributed by atoms with Crippen molar-refractivity contribution in [3.63, 3.8) is 0 Å². The van der Waals surface area contributed by atoms with Crippen molar-refractivity contribution in [3.05, 3.63) is 194 Å². The molecular formula is C49H32N4. The van der Waals surface area contributed by atoms with Crippen LogP contribution >= 0.6 is 0 Å². The zero-order valence-electron chi connectivity index (χ0n) is 28.8. The molecule has 0 saturated carbocycles. The van der Waals surface area contributed by atoms with E-state index in [2.05, 4.69) is 138 Å². The highest BCUT2D eigenvalue weighted by Gasteiger charge is 2.17. The third-order valence-corrected chi connectivity index (χ3v) is 10.0. The van der Waals surface area contributed by atoms with E-state index in [1.165, 1.54) is 43.7 Å². The largest absolute Gasteiger partial charge is 0.309 e. The van der Waals surface area contributed by atoms with Crippen molar-refractivity contribution in [2.45, 2.75) is 0 Å². The highest BCUT2D eigenvalue weighted by atomic mass is 15.0. The van der Waals surface area contributed by atoms with Crippen molar-refractivity contribution in [2.75, 3.05) is 0 Å². The summed E-state index contributed by atoms with van der Waals surface area (Å²) in [4.78, 5) is 14.9. The second-order valence-electron chi connectivity index (χ2n) is 13.3. The standard InChI is InChI=1S/C49H32N4/c1-4-14-33(15-5-1)38-21-13-23-41(31-38)53-44-25-11-10-24-42(44)46-43-32-39(27-26-34(43)28-29-45(46)53)37-20-12-22-40(30-37)49-51-47(35-16-6-2-7-17-35)50-48(52-49)36-18-8-3-9-19-36/h1-32H. The first kappa shape index (κ1) is 30.6. The fourth-order valence-electron chi connectivity index (χ4n) is 7.48. The van der Waals surface area contributed by atoms with Gasteiger partial charge in [-0.2, -0.15) is 0 Å². The van der Waals surface area contributed by atoms with E-state index >= 15 is 0 Å². The van der Waals surface area contributed by atoms with Crippen LogP contribution in [0.1, 0.15) is 0 Å². The Bertz CT molecular complexity index is 2870. The van der Waals surface area contributed by atoms with Crippen LogP contribution in [-0.4, -0.2) is 19.5 Å². The van der Waals surface area contributed by atoms with Crippen LogP contribution in [-0.2, 0) is 0 Å². The number of benzene rings is 8. The molecule has 53 heavy (non-hydrogen) atoms. The Morgan fingerprint density at radius 2 is 0.811 bits per heavy atom. The van der Waals surface area contributed by atoms with Crippen LogP contribution in [0.15, 0.2) is 194 Å². The zero-order valence-corrected chi connectivity index (χ0v) is 28.8. The minimum atomic E-state index is 0.642. The van der Waals surface area contributed by atoms with E-state index in [1.807, 2.05) is 60.7 Å². The van der Waals surface area contributed by atoms with Gasteiger partial charge in [0.25, 0.3) is 0 Å². The SMILES string of the molecule is c1ccc(-c2cccc(-n3c4ccccc4c4c5cc(-c6cccc(-c7nc(-c8ccccc8)nc(-c8ccccc8)n7)c6)ccc5ccc43)c2)cc1. The number of nitrogens with zero attached hydrogens (tertiary/aromatic N) is 4. The lowest BCUT2D eigenvalue weighted by molar-refractivity contribution is 1.07. The zero-order chi connectivity index (χ0) is 35.1. The summed E-state index contributed by atoms with van der Waals surface area (Å²) < 4.78 is 2.40. The van der Waals surface area contributed by atoms with Crippen molar-refractivity contribution in [1.82, 2.24) is 19.5 Å². The van der Waals surface area contributed by atoms with Gasteiger partial charge in [-0.25, -0.2) is 15.0 Å². The molecule has 0 fully saturated rings. The minimum absolute atomic E-state index is 0.642. The van der Waals surface area contributed by atoms with Gasteiger partial charge in [0.1, 0.15) is 0 Å². The van der Waals surface area contributed by atoms with Crippen LogP contribution in [0.25, 0.3) is 94.7 Å². The van der Waals surface area contributed by atoms with Crippen LogP contribution < -0.4 is 0 Å². The summed E-state index contributed by atoms with van der Waals surface area (Å²) in [6.07, 6.45) is 0. The maximum absolute atomic E-state index is 4.99. The van der Waals surface area contributed by atoms with Gasteiger partial charge in [-0.3, -0.25) is 0 Å². The summed E-state index contributed by atoms with van der Waals surface area (Å²) in [7, 11) is 0. The molecule has 8 aromatic carbocycles. The van der Waals surface area contributed by atoms with E-state index in [9.17, 15) is 0 Å². The van der Waals surface area contributed by atoms with Gasteiger partial charge in [-0.05, 0) is 69.4 Å². The quantitative estimate of drug-likeness (QED) is 0.176. The number of hydrogen-bond donors (Lipinski definition) is 0. The fraction of sp³-hybridized carbons (Fsp3) is 0. The monoisotopic (exact) mass is 676 g/mol. The Kier molecular flexibility index (Phi) is 7.43. The Labute approximate surface area is 307 Å². The Hall–Kier alpha value is -7.17. The molecule has 0 aliphatic heterocycles. The molecular weight excluding hydrogens is 645 g/mol. The second-order valence-corrected chi connectivity index (χ2v) is 13.3. The van der Waals surface area contributed by atoms with Crippen molar-refractivity contribution in [1.29, 1.82) is 0 Å². The Morgan fingerprint density at radius 1 is 0.302 bits per heavy atom. The molecule has 4 nitrogen and oxygen atoms in total. The molecule has 0 atom stereocenters. The first-order valence-corrected chi connectivity index (χ1v) is 17.9. The van der Waals surface area contributed by atoms with E-state index in [-0.39, 0.29) is 0 Å². The van der Waals surface area contributed by atoms with Crippen molar-refractivity contribution in [3.8, 4) is 62.1 Å². The van der Waals surface area contributed by atoms with Crippen LogP contribution in [0.3, 0.4) is 0 Å². The van der Waals surface area contributed by atoms with E-state index in [1.54, 1.807) is 0 Å². The molecule has 10 aromatic rings. The molecule has 0 radical (unpaired) electrons. The van der Waals surface area contributed by atoms with Crippen molar-refractivity contribution in [2.24, 2.45) is 0 Å². The number of para-hydroxylation sites is 1. The van der Waals surface area contributed by atoms with Crippen LogP contribution in [0.2, 0.25) is 0 Å². The summed E-state index contributed by atoms with van der Waals surface area (Å²) in [5.41, 5.74) is 11.0. The molecule has 0 amide bonds. The number of rotatable bonds is 6. The number of aromatic nitrogens is 4. The van der Waals surface area contributed by atoms with Gasteiger partial charge in [0.2, 0.25) is 0 Å². The molecule has 2 heterocycles. The van der Waals surface area contributed by atoms with Crippen LogP contribution in [0.4, 0.5) is 0 Å². The lowest BCUT2D eigenvalue weighted by Crippen LogP contribution is -2.00. The van der Waals surface area contributed by atoms with Gasteiger partial charge in [0, 0.05) is 33.2 Å². The molecule has 248 valence electrons.